The fourth-order valence-electron chi connectivity index (χ4n) is 1.70. The lowest BCUT2D eigenvalue weighted by molar-refractivity contribution is -0.274. The highest BCUT2D eigenvalue weighted by atomic mass is 19.4. The van der Waals surface area contributed by atoms with Crippen LogP contribution in [-0.4, -0.2) is 12.1 Å². The zero-order valence-corrected chi connectivity index (χ0v) is 8.80. The van der Waals surface area contributed by atoms with Crippen molar-refractivity contribution in [1.82, 2.24) is 0 Å². The molecule has 1 heterocycles. The van der Waals surface area contributed by atoms with Gasteiger partial charge in [0.2, 0.25) is 0 Å². The maximum atomic E-state index is 12.0. The highest BCUT2D eigenvalue weighted by Crippen LogP contribution is 2.38. The first-order valence-corrected chi connectivity index (χ1v) is 4.82. The van der Waals surface area contributed by atoms with Gasteiger partial charge in [-0.05, 0) is 18.6 Å². The van der Waals surface area contributed by atoms with Crippen LogP contribution in [0, 0.1) is 0 Å². The van der Waals surface area contributed by atoms with Crippen LogP contribution >= 0.6 is 0 Å². The summed E-state index contributed by atoms with van der Waals surface area (Å²) in [5.74, 6) is -0.0631. The molecule has 0 saturated carbocycles. The van der Waals surface area contributed by atoms with E-state index in [9.17, 15) is 13.2 Å². The number of benzene rings is 1. The van der Waals surface area contributed by atoms with Gasteiger partial charge in [-0.25, -0.2) is 0 Å². The Morgan fingerprint density at radius 2 is 2.00 bits per heavy atom. The summed E-state index contributed by atoms with van der Waals surface area (Å²) in [6.45, 7) is 3.82. The van der Waals surface area contributed by atoms with Gasteiger partial charge in [-0.2, -0.15) is 0 Å². The second-order valence-electron chi connectivity index (χ2n) is 3.74. The quantitative estimate of drug-likeness (QED) is 0.717. The summed E-state index contributed by atoms with van der Waals surface area (Å²) in [6, 6.07) is 4.26. The number of aliphatic imine (C=N–C) groups is 1. The number of halogens is 3. The summed E-state index contributed by atoms with van der Waals surface area (Å²) in [4.78, 5) is 4.19. The molecule has 0 radical (unpaired) electrons. The van der Waals surface area contributed by atoms with Gasteiger partial charge in [0.05, 0.1) is 5.69 Å². The first-order valence-electron chi connectivity index (χ1n) is 4.82. The van der Waals surface area contributed by atoms with E-state index >= 15 is 0 Å². The van der Waals surface area contributed by atoms with E-state index < -0.39 is 6.36 Å². The van der Waals surface area contributed by atoms with Crippen molar-refractivity contribution < 1.29 is 17.9 Å². The van der Waals surface area contributed by atoms with Crippen LogP contribution in [0.2, 0.25) is 0 Å². The van der Waals surface area contributed by atoms with Gasteiger partial charge >= 0.3 is 6.36 Å². The van der Waals surface area contributed by atoms with Crippen LogP contribution in [0.3, 0.4) is 0 Å². The highest BCUT2D eigenvalue weighted by molar-refractivity contribution is 5.96. The number of hydrogen-bond acceptors (Lipinski definition) is 2. The Morgan fingerprint density at radius 1 is 1.31 bits per heavy atom. The molecule has 0 aromatic heterocycles. The van der Waals surface area contributed by atoms with E-state index in [2.05, 4.69) is 9.73 Å². The maximum Gasteiger partial charge on any atom is 0.573 e. The Morgan fingerprint density at radius 3 is 2.62 bits per heavy atom. The molecule has 0 N–H and O–H groups in total. The number of alkyl halides is 3. The van der Waals surface area contributed by atoms with Crippen LogP contribution in [0.4, 0.5) is 18.9 Å². The van der Waals surface area contributed by atoms with Crippen LogP contribution in [-0.2, 0) is 0 Å². The van der Waals surface area contributed by atoms with E-state index in [-0.39, 0.29) is 11.7 Å². The van der Waals surface area contributed by atoms with Crippen LogP contribution in [0.15, 0.2) is 23.2 Å². The second-order valence-corrected chi connectivity index (χ2v) is 3.74. The molecule has 1 aliphatic rings. The third kappa shape index (κ3) is 2.03. The molecular formula is C11H10F3NO. The minimum absolute atomic E-state index is 0.162. The molecular weight excluding hydrogens is 219 g/mol. The molecule has 0 saturated heterocycles. The molecule has 0 bridgehead atoms. The highest BCUT2D eigenvalue weighted by Gasteiger charge is 2.31. The largest absolute Gasteiger partial charge is 0.573 e. The standard InChI is InChI=1S/C11H10F3NO/c1-6-7(2)15-10-5-8(3-4-9(6)10)16-11(12,13)14/h3-6H,1-2H3/t6-/m1/s1. The van der Waals surface area contributed by atoms with Crippen molar-refractivity contribution in [2.75, 3.05) is 0 Å². The Labute approximate surface area is 90.8 Å². The van der Waals surface area contributed by atoms with Crippen molar-refractivity contribution in [1.29, 1.82) is 0 Å². The van der Waals surface area contributed by atoms with Crippen LogP contribution in [0.1, 0.15) is 25.3 Å². The first-order chi connectivity index (χ1) is 7.37. The number of rotatable bonds is 1. The normalized spacial score (nSPS) is 19.3. The van der Waals surface area contributed by atoms with Crippen LogP contribution < -0.4 is 4.74 Å². The third-order valence-corrected chi connectivity index (χ3v) is 2.63. The lowest BCUT2D eigenvalue weighted by Crippen LogP contribution is -2.17. The number of ether oxygens (including phenoxy) is 1. The summed E-state index contributed by atoms with van der Waals surface area (Å²) in [5, 5.41) is 0. The summed E-state index contributed by atoms with van der Waals surface area (Å²) in [7, 11) is 0. The zero-order chi connectivity index (χ0) is 11.9. The van der Waals surface area contributed by atoms with Crippen molar-refractivity contribution in [2.45, 2.75) is 26.1 Å². The maximum absolute atomic E-state index is 12.0. The Hall–Kier alpha value is -1.52. The summed E-state index contributed by atoms with van der Waals surface area (Å²) < 4.78 is 39.8. The third-order valence-electron chi connectivity index (χ3n) is 2.63. The van der Waals surface area contributed by atoms with E-state index in [0.717, 1.165) is 11.3 Å². The van der Waals surface area contributed by atoms with E-state index in [4.69, 9.17) is 0 Å². The monoisotopic (exact) mass is 229 g/mol. The Kier molecular flexibility index (Phi) is 2.40. The van der Waals surface area contributed by atoms with Gasteiger partial charge in [0.25, 0.3) is 0 Å². The molecule has 0 unspecified atom stereocenters. The fourth-order valence-corrected chi connectivity index (χ4v) is 1.70. The lowest BCUT2D eigenvalue weighted by atomic mass is 9.99. The van der Waals surface area contributed by atoms with Gasteiger partial charge in [-0.1, -0.05) is 13.0 Å². The number of fused-ring (bicyclic) bond motifs is 1. The Balaban J connectivity index is 2.31. The fraction of sp³-hybridized carbons (Fsp3) is 0.364. The predicted octanol–water partition coefficient (Wildman–Crippen LogP) is 3.79. The minimum atomic E-state index is -4.66. The molecule has 5 heteroatoms. The minimum Gasteiger partial charge on any atom is -0.406 e. The van der Waals surface area contributed by atoms with E-state index in [1.165, 1.54) is 12.1 Å². The molecule has 0 amide bonds. The average molecular weight is 229 g/mol. The summed E-state index contributed by atoms with van der Waals surface area (Å²) in [5.41, 5.74) is 2.40. The smallest absolute Gasteiger partial charge is 0.406 e. The second kappa shape index (κ2) is 3.50. The van der Waals surface area contributed by atoms with E-state index in [1.54, 1.807) is 6.07 Å². The van der Waals surface area contributed by atoms with Crippen molar-refractivity contribution >= 4 is 11.4 Å². The van der Waals surface area contributed by atoms with Gasteiger partial charge in [0.1, 0.15) is 5.75 Å². The van der Waals surface area contributed by atoms with Gasteiger partial charge in [0.15, 0.2) is 0 Å². The van der Waals surface area contributed by atoms with E-state index in [1.807, 2.05) is 13.8 Å². The first kappa shape index (κ1) is 11.0. The van der Waals surface area contributed by atoms with Crippen molar-refractivity contribution in [3.05, 3.63) is 23.8 Å². The topological polar surface area (TPSA) is 21.6 Å². The van der Waals surface area contributed by atoms with Gasteiger partial charge in [-0.15, -0.1) is 13.2 Å². The molecule has 2 nitrogen and oxygen atoms in total. The molecule has 86 valence electrons. The summed E-state index contributed by atoms with van der Waals surface area (Å²) in [6.07, 6.45) is -4.66. The molecule has 1 atom stereocenters. The van der Waals surface area contributed by atoms with Crippen molar-refractivity contribution in [3.63, 3.8) is 0 Å². The molecule has 1 aliphatic heterocycles. The zero-order valence-electron chi connectivity index (χ0n) is 8.80. The van der Waals surface area contributed by atoms with Crippen LogP contribution in [0.5, 0.6) is 5.75 Å². The SMILES string of the molecule is CC1=Nc2cc(OC(F)(F)F)ccc2[C@@H]1C. The van der Waals surface area contributed by atoms with Crippen LogP contribution in [0.25, 0.3) is 0 Å². The molecule has 16 heavy (non-hydrogen) atoms. The lowest BCUT2D eigenvalue weighted by Gasteiger charge is -2.10. The molecule has 0 spiro atoms. The number of nitrogens with zero attached hydrogens (tertiary/aromatic N) is 1. The van der Waals surface area contributed by atoms with Crippen molar-refractivity contribution in [3.8, 4) is 5.75 Å². The Bertz CT molecular complexity index is 451. The molecule has 1 aromatic rings. The van der Waals surface area contributed by atoms with Gasteiger partial charge in [-0.3, -0.25) is 4.99 Å². The summed E-state index contributed by atoms with van der Waals surface area (Å²) >= 11 is 0. The van der Waals surface area contributed by atoms with Crippen molar-refractivity contribution in [2.24, 2.45) is 4.99 Å². The van der Waals surface area contributed by atoms with E-state index in [0.29, 0.717) is 5.69 Å². The molecule has 0 fully saturated rings. The van der Waals surface area contributed by atoms with Gasteiger partial charge in [0, 0.05) is 17.7 Å². The van der Waals surface area contributed by atoms with Gasteiger partial charge < -0.3 is 4.74 Å². The molecule has 1 aromatic carbocycles. The molecule has 0 aliphatic carbocycles. The molecule has 2 rings (SSSR count). The predicted molar refractivity (Wildman–Crippen MR) is 54.3 cm³/mol. The average Bonchev–Trinajstić information content (AvgIpc) is 2.40. The number of hydrogen-bond donors (Lipinski definition) is 0.